The molecule has 1 aromatic heterocycles. The monoisotopic (exact) mass is 404 g/mol. The number of rotatable bonds is 7. The minimum atomic E-state index is -0.0853. The lowest BCUT2D eigenvalue weighted by Gasteiger charge is -2.20. The number of amides is 1. The average molecular weight is 405 g/mol. The van der Waals surface area contributed by atoms with Crippen molar-refractivity contribution in [2.24, 2.45) is 0 Å². The number of nitrogens with zero attached hydrogens (tertiary/aromatic N) is 2. The second kappa shape index (κ2) is 8.69. The number of fused-ring (bicyclic) bond motifs is 1. The molecule has 7 heteroatoms. The van der Waals surface area contributed by atoms with Crippen LogP contribution in [0.15, 0.2) is 42.5 Å². The van der Waals surface area contributed by atoms with Gasteiger partial charge in [-0.1, -0.05) is 35.1 Å². The lowest BCUT2D eigenvalue weighted by atomic mass is 10.2. The van der Waals surface area contributed by atoms with Crippen molar-refractivity contribution < 1.29 is 14.4 Å². The number of anilines is 1. The first-order valence-electron chi connectivity index (χ1n) is 8.79. The third-order valence-corrected chi connectivity index (χ3v) is 5.56. The van der Waals surface area contributed by atoms with Crippen LogP contribution in [0, 0.1) is 0 Å². The Morgan fingerprint density at radius 2 is 2.04 bits per heavy atom. The van der Waals surface area contributed by atoms with Crippen LogP contribution in [0.25, 0.3) is 10.2 Å². The van der Waals surface area contributed by atoms with E-state index in [4.69, 9.17) is 16.3 Å². The fraction of sp³-hybridized carbons (Fsp3) is 0.300. The molecule has 27 heavy (non-hydrogen) atoms. The van der Waals surface area contributed by atoms with E-state index in [1.165, 1.54) is 16.2 Å². The van der Waals surface area contributed by atoms with Crippen molar-refractivity contribution in [3.8, 4) is 5.75 Å². The van der Waals surface area contributed by atoms with Crippen molar-refractivity contribution in [2.75, 3.05) is 39.2 Å². The van der Waals surface area contributed by atoms with Gasteiger partial charge in [0.25, 0.3) is 5.91 Å². The molecule has 0 aliphatic heterocycles. The molecule has 3 rings (SSSR count). The van der Waals surface area contributed by atoms with E-state index in [1.807, 2.05) is 30.3 Å². The SMILES string of the molecule is COc1cccc(C(=O)N(CCC[NH+](C)C)c2nc3c(Cl)cccc3s2)c1. The Labute approximate surface area is 168 Å². The van der Waals surface area contributed by atoms with Gasteiger partial charge in [0.1, 0.15) is 11.3 Å². The fourth-order valence-electron chi connectivity index (χ4n) is 2.81. The first kappa shape index (κ1) is 19.6. The molecular weight excluding hydrogens is 382 g/mol. The van der Waals surface area contributed by atoms with Gasteiger partial charge in [0.15, 0.2) is 5.13 Å². The van der Waals surface area contributed by atoms with Gasteiger partial charge in [-0.2, -0.15) is 0 Å². The summed E-state index contributed by atoms with van der Waals surface area (Å²) in [7, 11) is 5.80. The molecule has 0 radical (unpaired) electrons. The van der Waals surface area contributed by atoms with E-state index in [2.05, 4.69) is 19.1 Å². The molecule has 0 aliphatic rings. The van der Waals surface area contributed by atoms with Gasteiger partial charge in [-0.25, -0.2) is 4.98 Å². The number of thiazole rings is 1. The quantitative estimate of drug-likeness (QED) is 0.658. The van der Waals surface area contributed by atoms with Crippen molar-refractivity contribution in [2.45, 2.75) is 6.42 Å². The standard InChI is InChI=1S/C20H22ClN3O2S/c1-23(2)11-6-12-24(19(25)14-7-4-8-15(13-14)26-3)20-22-18-16(21)9-5-10-17(18)27-20/h4-5,7-10,13H,6,11-12H2,1-3H3/p+1. The molecule has 1 N–H and O–H groups in total. The third kappa shape index (κ3) is 4.58. The van der Waals surface area contributed by atoms with E-state index >= 15 is 0 Å². The first-order valence-corrected chi connectivity index (χ1v) is 9.99. The van der Waals surface area contributed by atoms with Crippen LogP contribution in [0.3, 0.4) is 0 Å². The van der Waals surface area contributed by atoms with Gasteiger partial charge >= 0.3 is 0 Å². The molecule has 0 saturated heterocycles. The summed E-state index contributed by atoms with van der Waals surface area (Å²) < 4.78 is 6.23. The number of benzene rings is 2. The van der Waals surface area contributed by atoms with Crippen LogP contribution >= 0.6 is 22.9 Å². The molecule has 0 spiro atoms. The Bertz CT molecular complexity index is 942. The van der Waals surface area contributed by atoms with Crippen molar-refractivity contribution in [3.63, 3.8) is 0 Å². The summed E-state index contributed by atoms with van der Waals surface area (Å²) in [5.74, 6) is 0.573. The Balaban J connectivity index is 1.96. The second-order valence-electron chi connectivity index (χ2n) is 6.58. The number of nitrogens with one attached hydrogen (secondary N) is 1. The summed E-state index contributed by atoms with van der Waals surface area (Å²) in [5.41, 5.74) is 1.32. The molecule has 0 bridgehead atoms. The minimum absolute atomic E-state index is 0.0853. The molecule has 0 saturated carbocycles. The third-order valence-electron chi connectivity index (χ3n) is 4.21. The van der Waals surface area contributed by atoms with Crippen molar-refractivity contribution >= 4 is 44.2 Å². The Kier molecular flexibility index (Phi) is 6.31. The number of hydrogen-bond donors (Lipinski definition) is 1. The number of quaternary nitrogens is 1. The lowest BCUT2D eigenvalue weighted by Crippen LogP contribution is -3.05. The summed E-state index contributed by atoms with van der Waals surface area (Å²) in [6.07, 6.45) is 0.877. The maximum atomic E-state index is 13.2. The molecule has 142 valence electrons. The molecule has 0 atom stereocenters. The van der Waals surface area contributed by atoms with Crippen LogP contribution in [0.1, 0.15) is 16.8 Å². The highest BCUT2D eigenvalue weighted by Crippen LogP contribution is 2.33. The number of para-hydroxylation sites is 1. The van der Waals surface area contributed by atoms with Crippen molar-refractivity contribution in [1.29, 1.82) is 0 Å². The smallest absolute Gasteiger partial charge is 0.260 e. The number of hydrogen-bond acceptors (Lipinski definition) is 4. The molecule has 0 fully saturated rings. The van der Waals surface area contributed by atoms with E-state index in [9.17, 15) is 4.79 Å². The van der Waals surface area contributed by atoms with Crippen LogP contribution in [0.4, 0.5) is 5.13 Å². The van der Waals surface area contributed by atoms with Gasteiger partial charge in [0.2, 0.25) is 0 Å². The summed E-state index contributed by atoms with van der Waals surface area (Å²) in [6.45, 7) is 1.56. The predicted molar refractivity (Wildman–Crippen MR) is 112 cm³/mol. The van der Waals surface area contributed by atoms with Gasteiger partial charge in [-0.3, -0.25) is 9.69 Å². The number of ether oxygens (including phenoxy) is 1. The van der Waals surface area contributed by atoms with E-state index < -0.39 is 0 Å². The highest BCUT2D eigenvalue weighted by atomic mass is 35.5. The number of halogens is 1. The predicted octanol–water partition coefficient (Wildman–Crippen LogP) is 3.14. The summed E-state index contributed by atoms with van der Waals surface area (Å²) in [6, 6.07) is 12.9. The van der Waals surface area contributed by atoms with Crippen LogP contribution < -0.4 is 14.5 Å². The van der Waals surface area contributed by atoms with E-state index in [1.54, 1.807) is 24.1 Å². The Morgan fingerprint density at radius 3 is 2.74 bits per heavy atom. The molecule has 5 nitrogen and oxygen atoms in total. The second-order valence-corrected chi connectivity index (χ2v) is 8.00. The molecular formula is C20H23ClN3O2S+. The van der Waals surface area contributed by atoms with Crippen LogP contribution in [-0.4, -0.2) is 45.2 Å². The zero-order valence-electron chi connectivity index (χ0n) is 15.7. The minimum Gasteiger partial charge on any atom is -0.497 e. The Hall–Kier alpha value is -2.15. The van der Waals surface area contributed by atoms with Gasteiger partial charge in [-0.05, 0) is 30.3 Å². The van der Waals surface area contributed by atoms with Gasteiger partial charge in [0, 0.05) is 18.5 Å². The van der Waals surface area contributed by atoms with Crippen LogP contribution in [-0.2, 0) is 0 Å². The summed E-state index contributed by atoms with van der Waals surface area (Å²) in [5, 5.41) is 1.26. The molecule has 3 aromatic rings. The summed E-state index contributed by atoms with van der Waals surface area (Å²) in [4.78, 5) is 21.0. The topological polar surface area (TPSA) is 46.9 Å². The largest absolute Gasteiger partial charge is 0.497 e. The number of carbonyl (C=O) groups excluding carboxylic acids is 1. The zero-order chi connectivity index (χ0) is 19.4. The molecule has 0 aliphatic carbocycles. The van der Waals surface area contributed by atoms with Gasteiger partial charge < -0.3 is 9.64 Å². The summed E-state index contributed by atoms with van der Waals surface area (Å²) >= 11 is 7.76. The van der Waals surface area contributed by atoms with Crippen LogP contribution in [0.2, 0.25) is 5.02 Å². The van der Waals surface area contributed by atoms with E-state index in [0.717, 1.165) is 23.2 Å². The van der Waals surface area contributed by atoms with Crippen molar-refractivity contribution in [1.82, 2.24) is 4.98 Å². The molecule has 1 heterocycles. The van der Waals surface area contributed by atoms with E-state index in [-0.39, 0.29) is 5.91 Å². The van der Waals surface area contributed by atoms with Crippen LogP contribution in [0.5, 0.6) is 5.75 Å². The number of aromatic nitrogens is 1. The van der Waals surface area contributed by atoms with E-state index in [0.29, 0.717) is 28.0 Å². The molecule has 0 unspecified atom stereocenters. The molecule has 2 aromatic carbocycles. The highest BCUT2D eigenvalue weighted by Gasteiger charge is 2.22. The van der Waals surface area contributed by atoms with Gasteiger partial charge in [0.05, 0.1) is 37.5 Å². The normalized spacial score (nSPS) is 11.1. The number of carbonyl (C=O) groups is 1. The van der Waals surface area contributed by atoms with Gasteiger partial charge in [-0.15, -0.1) is 0 Å². The van der Waals surface area contributed by atoms with Crippen molar-refractivity contribution in [3.05, 3.63) is 53.1 Å². The maximum Gasteiger partial charge on any atom is 0.260 e. The maximum absolute atomic E-state index is 13.2. The Morgan fingerprint density at radius 1 is 1.26 bits per heavy atom. The lowest BCUT2D eigenvalue weighted by molar-refractivity contribution is -0.858. The average Bonchev–Trinajstić information content (AvgIpc) is 3.10. The highest BCUT2D eigenvalue weighted by molar-refractivity contribution is 7.22. The molecule has 1 amide bonds. The fourth-order valence-corrected chi connectivity index (χ4v) is 4.10. The number of methoxy groups -OCH3 is 1. The first-order chi connectivity index (χ1) is 13.0. The zero-order valence-corrected chi connectivity index (χ0v) is 17.2.